The number of nitrogens with one attached hydrogen (secondary N) is 1. The molecule has 50 heavy (non-hydrogen) atoms. The minimum absolute atomic E-state index is 0.170. The van der Waals surface area contributed by atoms with Crippen molar-refractivity contribution in [2.75, 3.05) is 13.2 Å². The second-order valence-electron chi connectivity index (χ2n) is 14.9. The molecule has 1 saturated heterocycles. The van der Waals surface area contributed by atoms with Crippen molar-refractivity contribution in [3.8, 4) is 0 Å². The van der Waals surface area contributed by atoms with Gasteiger partial charge in [0.25, 0.3) is 0 Å². The molecule has 0 bridgehead atoms. The molecule has 0 aromatic heterocycles. The third-order valence-corrected chi connectivity index (χ3v) is 10.1. The van der Waals surface area contributed by atoms with Crippen molar-refractivity contribution in [3.63, 3.8) is 0 Å². The zero-order chi connectivity index (χ0) is 36.9. The van der Waals surface area contributed by atoms with Crippen LogP contribution in [0.2, 0.25) is 0 Å². The summed E-state index contributed by atoms with van der Waals surface area (Å²) in [4.78, 5) is 28.4. The Hall–Kier alpha value is -1.52. The van der Waals surface area contributed by atoms with E-state index in [1.807, 2.05) is 0 Å². The number of allylic oxidation sites excluding steroid dienone is 2. The van der Waals surface area contributed by atoms with Crippen LogP contribution in [0.5, 0.6) is 0 Å². The van der Waals surface area contributed by atoms with Gasteiger partial charge >= 0.3 is 0 Å². The maximum atomic E-state index is 13.9. The van der Waals surface area contributed by atoms with Crippen LogP contribution in [0.4, 0.5) is 0 Å². The summed E-state index contributed by atoms with van der Waals surface area (Å²) in [7, 11) is 0. The Morgan fingerprint density at radius 2 is 1.20 bits per heavy atom. The highest BCUT2D eigenvalue weighted by Gasteiger charge is 2.52. The lowest BCUT2D eigenvalue weighted by Gasteiger charge is -2.51. The van der Waals surface area contributed by atoms with Crippen LogP contribution in [-0.2, 0) is 14.3 Å². The molecule has 0 spiro atoms. The number of ether oxygens (including phenoxy) is 1. The first kappa shape index (κ1) is 46.5. The second kappa shape index (κ2) is 30.0. The van der Waals surface area contributed by atoms with E-state index >= 15 is 0 Å². The number of nitrogens with zero attached hydrogens (tertiary/aromatic N) is 1. The molecule has 0 aliphatic carbocycles. The van der Waals surface area contributed by atoms with Gasteiger partial charge in [-0.3, -0.25) is 14.5 Å². The third kappa shape index (κ3) is 20.5. The fourth-order valence-electron chi connectivity index (χ4n) is 6.89. The van der Waals surface area contributed by atoms with Crippen molar-refractivity contribution < 1.29 is 29.6 Å². The molecule has 0 radical (unpaired) electrons. The summed E-state index contributed by atoms with van der Waals surface area (Å²) in [6.07, 6.45) is 30.4. The Labute approximate surface area is 306 Å². The summed E-state index contributed by atoms with van der Waals surface area (Å²) in [5.41, 5.74) is 5.90. The molecule has 9 heteroatoms. The molecule has 1 aliphatic rings. The number of aliphatic hydroxyl groups excluding tert-OH is 3. The molecule has 9 nitrogen and oxygen atoms in total. The first-order valence-electron chi connectivity index (χ1n) is 20.9. The monoisotopic (exact) mass is 710 g/mol. The average Bonchev–Trinajstić information content (AvgIpc) is 3.09. The number of amides is 2. The Kier molecular flexibility index (Phi) is 27.9. The number of unbranched alkanes of at least 4 members (excludes halogenated alkanes) is 22. The van der Waals surface area contributed by atoms with Crippen LogP contribution in [0.25, 0.3) is 0 Å². The van der Waals surface area contributed by atoms with Crippen LogP contribution in [0, 0.1) is 0 Å². The zero-order valence-corrected chi connectivity index (χ0v) is 32.6. The SMILES string of the molecule is CCCCCCCC/C=C\CCCCCCCC(=O)N(CCCCCCCCCCCCCC)[C@@]1(NC(=O)[C@H](C)N)C[C@@H](O)[C@H](O)[C@@H](CO)O1. The molecular weight excluding hydrogens is 630 g/mol. The Bertz CT molecular complexity index is 871. The summed E-state index contributed by atoms with van der Waals surface area (Å²) in [6.45, 7) is 5.81. The van der Waals surface area contributed by atoms with Gasteiger partial charge < -0.3 is 31.1 Å². The van der Waals surface area contributed by atoms with E-state index in [2.05, 4.69) is 31.3 Å². The maximum Gasteiger partial charge on any atom is 0.240 e. The minimum Gasteiger partial charge on any atom is -0.394 e. The predicted molar refractivity (Wildman–Crippen MR) is 205 cm³/mol. The van der Waals surface area contributed by atoms with Gasteiger partial charge in [-0.2, -0.15) is 0 Å². The number of carbonyl (C=O) groups is 2. The molecule has 6 N–H and O–H groups in total. The van der Waals surface area contributed by atoms with Gasteiger partial charge in [0, 0.05) is 19.4 Å². The molecule has 1 rings (SSSR count). The lowest BCUT2D eigenvalue weighted by molar-refractivity contribution is -0.280. The van der Waals surface area contributed by atoms with Crippen LogP contribution >= 0.6 is 0 Å². The van der Waals surface area contributed by atoms with Crippen LogP contribution in [0.3, 0.4) is 0 Å². The topological polar surface area (TPSA) is 145 Å². The van der Waals surface area contributed by atoms with Crippen molar-refractivity contribution in [1.29, 1.82) is 0 Å². The number of aliphatic hydroxyl groups is 3. The summed E-state index contributed by atoms with van der Waals surface area (Å²) in [5, 5.41) is 34.1. The number of nitrogens with two attached hydrogens (primary N) is 1. The van der Waals surface area contributed by atoms with E-state index < -0.39 is 42.7 Å². The van der Waals surface area contributed by atoms with E-state index in [-0.39, 0.29) is 18.7 Å². The minimum atomic E-state index is -1.70. The molecule has 0 saturated carbocycles. The fraction of sp³-hybridized carbons (Fsp3) is 0.902. The molecule has 2 amide bonds. The molecule has 0 aromatic carbocycles. The molecule has 1 fully saturated rings. The van der Waals surface area contributed by atoms with Gasteiger partial charge in [-0.05, 0) is 45.4 Å². The number of hydrogen-bond acceptors (Lipinski definition) is 7. The van der Waals surface area contributed by atoms with Gasteiger partial charge in [0.2, 0.25) is 17.7 Å². The zero-order valence-electron chi connectivity index (χ0n) is 32.6. The smallest absolute Gasteiger partial charge is 0.240 e. The quantitative estimate of drug-likeness (QED) is 0.0269. The highest BCUT2D eigenvalue weighted by molar-refractivity contribution is 5.83. The molecule has 294 valence electrons. The molecule has 1 heterocycles. The predicted octanol–water partition coefficient (Wildman–Crippen LogP) is 8.17. The van der Waals surface area contributed by atoms with Gasteiger partial charge in [0.05, 0.1) is 18.8 Å². The lowest BCUT2D eigenvalue weighted by atomic mass is 9.96. The maximum absolute atomic E-state index is 13.9. The normalized spacial score (nSPS) is 21.5. The van der Waals surface area contributed by atoms with Crippen LogP contribution in [0.1, 0.15) is 194 Å². The first-order chi connectivity index (χ1) is 24.2. The van der Waals surface area contributed by atoms with Gasteiger partial charge in [-0.15, -0.1) is 0 Å². The summed E-state index contributed by atoms with van der Waals surface area (Å²) < 4.78 is 6.15. The second-order valence-corrected chi connectivity index (χ2v) is 14.9. The van der Waals surface area contributed by atoms with Gasteiger partial charge in [-0.25, -0.2) is 0 Å². The molecule has 1 aliphatic heterocycles. The molecule has 0 unspecified atom stereocenters. The Morgan fingerprint density at radius 1 is 0.760 bits per heavy atom. The van der Waals surface area contributed by atoms with Gasteiger partial charge in [-0.1, -0.05) is 148 Å². The summed E-state index contributed by atoms with van der Waals surface area (Å²) in [6, 6.07) is -0.874. The van der Waals surface area contributed by atoms with Crippen molar-refractivity contribution >= 4 is 11.8 Å². The Morgan fingerprint density at radius 3 is 1.66 bits per heavy atom. The van der Waals surface area contributed by atoms with E-state index in [9.17, 15) is 24.9 Å². The standard InChI is InChI=1S/C41H79N3O6/c1-4-6-8-10-12-14-16-18-19-20-21-23-25-27-29-31-38(47)44(32-30-28-26-24-22-17-15-13-11-9-7-5-2)41(43-40(49)35(3)42)33-36(46)39(48)37(34-45)50-41/h18-19,35-37,39,45-46,48H,4-17,20-34,42H2,1-3H3,(H,43,49)/b19-18-/t35-,36+,37+,39-,41-/m0/s1. The summed E-state index contributed by atoms with van der Waals surface area (Å²) in [5.74, 6) is -2.40. The van der Waals surface area contributed by atoms with Gasteiger partial charge in [0.15, 0.2) is 0 Å². The molecular formula is C41H79N3O6. The van der Waals surface area contributed by atoms with E-state index in [1.54, 1.807) is 6.92 Å². The molecule has 5 atom stereocenters. The lowest BCUT2D eigenvalue weighted by Crippen LogP contribution is -2.72. The summed E-state index contributed by atoms with van der Waals surface area (Å²) >= 11 is 0. The Balaban J connectivity index is 2.67. The molecule has 0 aromatic rings. The first-order valence-corrected chi connectivity index (χ1v) is 20.9. The van der Waals surface area contributed by atoms with E-state index in [0.717, 1.165) is 57.8 Å². The highest BCUT2D eigenvalue weighted by Crippen LogP contribution is 2.32. The average molecular weight is 710 g/mol. The fourth-order valence-corrected chi connectivity index (χ4v) is 6.89. The van der Waals surface area contributed by atoms with Crippen molar-refractivity contribution in [3.05, 3.63) is 12.2 Å². The van der Waals surface area contributed by atoms with Crippen molar-refractivity contribution in [1.82, 2.24) is 10.2 Å². The number of carbonyl (C=O) groups excluding carboxylic acids is 2. The van der Waals surface area contributed by atoms with Crippen molar-refractivity contribution in [2.45, 2.75) is 224 Å². The van der Waals surface area contributed by atoms with Crippen LogP contribution in [0.15, 0.2) is 12.2 Å². The van der Waals surface area contributed by atoms with Crippen LogP contribution < -0.4 is 11.1 Å². The highest BCUT2D eigenvalue weighted by atomic mass is 16.6. The van der Waals surface area contributed by atoms with E-state index in [1.165, 1.54) is 101 Å². The third-order valence-electron chi connectivity index (χ3n) is 10.1. The largest absolute Gasteiger partial charge is 0.394 e. The van der Waals surface area contributed by atoms with E-state index in [0.29, 0.717) is 13.0 Å². The van der Waals surface area contributed by atoms with Crippen LogP contribution in [-0.4, -0.2) is 75.4 Å². The van der Waals surface area contributed by atoms with Gasteiger partial charge in [0.1, 0.15) is 12.2 Å². The van der Waals surface area contributed by atoms with E-state index in [4.69, 9.17) is 10.5 Å². The number of hydrogen-bond donors (Lipinski definition) is 5. The van der Waals surface area contributed by atoms with Crippen molar-refractivity contribution in [2.24, 2.45) is 5.73 Å². The number of rotatable bonds is 32.